The predicted octanol–water partition coefficient (Wildman–Crippen LogP) is 6.32. The Bertz CT molecular complexity index is 1430. The molecule has 0 fully saturated rings. The molecule has 0 aliphatic heterocycles. The van der Waals surface area contributed by atoms with Crippen LogP contribution in [0.25, 0.3) is 0 Å². The molecule has 4 rings (SSSR count). The summed E-state index contributed by atoms with van der Waals surface area (Å²) < 4.78 is 16.6. The van der Waals surface area contributed by atoms with Crippen molar-refractivity contribution in [3.63, 3.8) is 0 Å². The normalized spacial score (nSPS) is 10.7. The van der Waals surface area contributed by atoms with E-state index in [1.165, 1.54) is 18.3 Å². The van der Waals surface area contributed by atoms with Gasteiger partial charge in [-0.25, -0.2) is 10.2 Å². The van der Waals surface area contributed by atoms with Crippen LogP contribution in [-0.4, -0.2) is 24.7 Å². The van der Waals surface area contributed by atoms with E-state index in [2.05, 4.69) is 10.5 Å². The van der Waals surface area contributed by atoms with Gasteiger partial charge in [0.15, 0.2) is 6.61 Å². The highest BCUT2D eigenvalue weighted by Gasteiger charge is 2.13. The standard InChI is InChI=1S/C29H22Cl2N2O5/c30-22-9-14-26(27(31)16-22)29(35)38-25-8-4-7-21(15-25)17-32-33-28(34)19-37-24-12-10-23(11-13-24)36-18-20-5-2-1-3-6-20/h1-17H,18-19H2,(H,33,34)/b32-17+. The summed E-state index contributed by atoms with van der Waals surface area (Å²) in [5.74, 6) is 0.439. The summed E-state index contributed by atoms with van der Waals surface area (Å²) in [6, 6.07) is 28.0. The molecule has 9 heteroatoms. The summed E-state index contributed by atoms with van der Waals surface area (Å²) in [6.07, 6.45) is 1.42. The Kier molecular flexibility index (Phi) is 9.34. The zero-order valence-corrected chi connectivity index (χ0v) is 21.5. The van der Waals surface area contributed by atoms with Crippen molar-refractivity contribution in [3.8, 4) is 17.2 Å². The fraction of sp³-hybridized carbons (Fsp3) is 0.0690. The van der Waals surface area contributed by atoms with Gasteiger partial charge in [-0.3, -0.25) is 4.79 Å². The number of carbonyl (C=O) groups is 2. The molecule has 0 unspecified atom stereocenters. The molecule has 0 aliphatic rings. The lowest BCUT2D eigenvalue weighted by molar-refractivity contribution is -0.123. The number of hydrazone groups is 1. The van der Waals surface area contributed by atoms with Crippen molar-refractivity contribution in [2.24, 2.45) is 5.10 Å². The number of carbonyl (C=O) groups excluding carboxylic acids is 2. The van der Waals surface area contributed by atoms with E-state index in [0.29, 0.717) is 28.7 Å². The minimum atomic E-state index is -0.623. The largest absolute Gasteiger partial charge is 0.489 e. The smallest absolute Gasteiger partial charge is 0.345 e. The van der Waals surface area contributed by atoms with E-state index in [4.69, 9.17) is 37.4 Å². The van der Waals surface area contributed by atoms with Gasteiger partial charge in [-0.05, 0) is 65.7 Å². The molecule has 4 aromatic carbocycles. The Hall–Kier alpha value is -4.33. The van der Waals surface area contributed by atoms with Crippen LogP contribution in [0.4, 0.5) is 0 Å². The average Bonchev–Trinajstić information content (AvgIpc) is 2.92. The van der Waals surface area contributed by atoms with Gasteiger partial charge in [-0.2, -0.15) is 5.10 Å². The second kappa shape index (κ2) is 13.3. The lowest BCUT2D eigenvalue weighted by Crippen LogP contribution is -2.24. The molecule has 0 atom stereocenters. The van der Waals surface area contributed by atoms with Crippen LogP contribution in [0, 0.1) is 0 Å². The van der Waals surface area contributed by atoms with Crippen LogP contribution >= 0.6 is 23.2 Å². The van der Waals surface area contributed by atoms with E-state index in [0.717, 1.165) is 5.56 Å². The Morgan fingerprint density at radius 3 is 2.26 bits per heavy atom. The minimum absolute atomic E-state index is 0.191. The summed E-state index contributed by atoms with van der Waals surface area (Å²) in [5.41, 5.74) is 4.26. The molecule has 192 valence electrons. The van der Waals surface area contributed by atoms with Gasteiger partial charge in [0.2, 0.25) is 0 Å². The number of amides is 1. The van der Waals surface area contributed by atoms with Gasteiger partial charge in [-0.1, -0.05) is 65.7 Å². The first-order valence-electron chi connectivity index (χ1n) is 11.4. The topological polar surface area (TPSA) is 86.2 Å². The van der Waals surface area contributed by atoms with E-state index in [1.54, 1.807) is 54.6 Å². The quantitative estimate of drug-likeness (QED) is 0.108. The molecule has 0 saturated carbocycles. The van der Waals surface area contributed by atoms with Crippen molar-refractivity contribution in [1.82, 2.24) is 5.43 Å². The second-order valence-electron chi connectivity index (χ2n) is 7.91. The molecular weight excluding hydrogens is 527 g/mol. The summed E-state index contributed by atoms with van der Waals surface area (Å²) >= 11 is 11.9. The zero-order valence-electron chi connectivity index (χ0n) is 20.0. The molecule has 0 radical (unpaired) electrons. The molecule has 0 aromatic heterocycles. The summed E-state index contributed by atoms with van der Waals surface area (Å²) in [4.78, 5) is 24.5. The van der Waals surface area contributed by atoms with Crippen molar-refractivity contribution < 1.29 is 23.8 Å². The van der Waals surface area contributed by atoms with E-state index in [1.807, 2.05) is 30.3 Å². The van der Waals surface area contributed by atoms with Crippen molar-refractivity contribution >= 4 is 41.3 Å². The van der Waals surface area contributed by atoms with E-state index < -0.39 is 11.9 Å². The fourth-order valence-corrected chi connectivity index (χ4v) is 3.69. The lowest BCUT2D eigenvalue weighted by atomic mass is 10.2. The molecule has 1 amide bonds. The summed E-state index contributed by atoms with van der Waals surface area (Å²) in [6.45, 7) is 0.241. The van der Waals surface area contributed by atoms with Gasteiger partial charge in [-0.15, -0.1) is 0 Å². The Morgan fingerprint density at radius 2 is 1.53 bits per heavy atom. The van der Waals surface area contributed by atoms with E-state index in [9.17, 15) is 9.59 Å². The molecule has 7 nitrogen and oxygen atoms in total. The van der Waals surface area contributed by atoms with Crippen LogP contribution < -0.4 is 19.6 Å². The number of hydrogen-bond donors (Lipinski definition) is 1. The van der Waals surface area contributed by atoms with Crippen LogP contribution in [-0.2, 0) is 11.4 Å². The maximum Gasteiger partial charge on any atom is 0.345 e. The van der Waals surface area contributed by atoms with Crippen LogP contribution in [0.3, 0.4) is 0 Å². The van der Waals surface area contributed by atoms with Crippen LogP contribution in [0.1, 0.15) is 21.5 Å². The van der Waals surface area contributed by atoms with Crippen molar-refractivity contribution in [2.45, 2.75) is 6.61 Å². The van der Waals surface area contributed by atoms with Gasteiger partial charge in [0, 0.05) is 5.02 Å². The molecule has 0 spiro atoms. The number of hydrogen-bond acceptors (Lipinski definition) is 6. The molecular formula is C29H22Cl2N2O5. The minimum Gasteiger partial charge on any atom is -0.489 e. The third kappa shape index (κ3) is 8.09. The molecule has 0 heterocycles. The summed E-state index contributed by atoms with van der Waals surface area (Å²) in [7, 11) is 0. The van der Waals surface area contributed by atoms with Gasteiger partial charge in [0.1, 0.15) is 23.9 Å². The number of nitrogens with one attached hydrogen (secondary N) is 1. The van der Waals surface area contributed by atoms with Crippen molar-refractivity contribution in [3.05, 3.63) is 124 Å². The van der Waals surface area contributed by atoms with Gasteiger partial charge >= 0.3 is 5.97 Å². The first kappa shape index (κ1) is 26.7. The fourth-order valence-electron chi connectivity index (χ4n) is 3.21. The van der Waals surface area contributed by atoms with Crippen molar-refractivity contribution in [1.29, 1.82) is 0 Å². The average molecular weight is 549 g/mol. The number of benzene rings is 4. The first-order valence-corrected chi connectivity index (χ1v) is 12.2. The number of halogens is 2. The number of esters is 1. The van der Waals surface area contributed by atoms with Gasteiger partial charge in [0.25, 0.3) is 5.91 Å². The molecule has 38 heavy (non-hydrogen) atoms. The van der Waals surface area contributed by atoms with Crippen LogP contribution in [0.15, 0.2) is 102 Å². The number of nitrogens with zero attached hydrogens (tertiary/aromatic N) is 1. The molecule has 0 aliphatic carbocycles. The maximum atomic E-state index is 12.4. The predicted molar refractivity (Wildman–Crippen MR) is 146 cm³/mol. The van der Waals surface area contributed by atoms with E-state index >= 15 is 0 Å². The molecule has 1 N–H and O–H groups in total. The van der Waals surface area contributed by atoms with Gasteiger partial charge < -0.3 is 14.2 Å². The van der Waals surface area contributed by atoms with Crippen molar-refractivity contribution in [2.75, 3.05) is 6.61 Å². The van der Waals surface area contributed by atoms with Crippen LogP contribution in [0.5, 0.6) is 17.2 Å². The number of ether oxygens (including phenoxy) is 3. The molecule has 4 aromatic rings. The first-order chi connectivity index (χ1) is 18.5. The van der Waals surface area contributed by atoms with Gasteiger partial charge in [0.05, 0.1) is 16.8 Å². The highest BCUT2D eigenvalue weighted by atomic mass is 35.5. The Labute approximate surface area is 229 Å². The highest BCUT2D eigenvalue weighted by molar-refractivity contribution is 6.36. The summed E-state index contributed by atoms with van der Waals surface area (Å²) in [5, 5.41) is 4.53. The van der Waals surface area contributed by atoms with E-state index in [-0.39, 0.29) is 22.9 Å². The highest BCUT2D eigenvalue weighted by Crippen LogP contribution is 2.23. The second-order valence-corrected chi connectivity index (χ2v) is 8.76. The molecule has 0 saturated heterocycles. The monoisotopic (exact) mass is 548 g/mol. The SMILES string of the molecule is O=C(COc1ccc(OCc2ccccc2)cc1)N/N=C/c1cccc(OC(=O)c2ccc(Cl)cc2Cl)c1. The Balaban J connectivity index is 1.22. The van der Waals surface area contributed by atoms with Crippen LogP contribution in [0.2, 0.25) is 10.0 Å². The zero-order chi connectivity index (χ0) is 26.7. The Morgan fingerprint density at radius 1 is 0.789 bits per heavy atom. The third-order valence-electron chi connectivity index (χ3n) is 5.06. The third-order valence-corrected chi connectivity index (χ3v) is 5.61. The number of rotatable bonds is 10. The lowest BCUT2D eigenvalue weighted by Gasteiger charge is -2.08. The molecule has 0 bridgehead atoms. The maximum absolute atomic E-state index is 12.4.